The van der Waals surface area contributed by atoms with Gasteiger partial charge in [-0.25, -0.2) is 9.97 Å². The molecule has 0 aliphatic heterocycles. The van der Waals surface area contributed by atoms with Crippen LogP contribution in [0.5, 0.6) is 0 Å². The van der Waals surface area contributed by atoms with E-state index in [4.69, 9.17) is 4.42 Å². The summed E-state index contributed by atoms with van der Waals surface area (Å²) in [6.07, 6.45) is 1.90. The second kappa shape index (κ2) is 6.37. The summed E-state index contributed by atoms with van der Waals surface area (Å²) in [5.74, 6) is 1.96. The van der Waals surface area contributed by atoms with Crippen LogP contribution in [0.1, 0.15) is 19.0 Å². The molecule has 2 heterocycles. The molecule has 0 fully saturated rings. The maximum Gasteiger partial charge on any atom is 0.198 e. The Labute approximate surface area is 136 Å². The summed E-state index contributed by atoms with van der Waals surface area (Å²) in [6.45, 7) is 2.12. The van der Waals surface area contributed by atoms with Crippen LogP contribution in [0.2, 0.25) is 0 Å². The Morgan fingerprint density at radius 1 is 1.26 bits per heavy atom. The van der Waals surface area contributed by atoms with Crippen molar-refractivity contribution in [3.8, 4) is 11.6 Å². The Bertz CT molecular complexity index is 579. The number of rotatable bonds is 4. The van der Waals surface area contributed by atoms with Gasteiger partial charge in [-0.15, -0.1) is 0 Å². The maximum atomic E-state index is 5.57. The molecule has 4 nitrogen and oxygen atoms in total. The van der Waals surface area contributed by atoms with Gasteiger partial charge in [-0.1, -0.05) is 13.3 Å². The molecule has 1 N–H and O–H groups in total. The Hall–Kier alpha value is -0.400. The first-order valence-electron chi connectivity index (χ1n) is 5.76. The van der Waals surface area contributed by atoms with Crippen molar-refractivity contribution < 1.29 is 4.42 Å². The van der Waals surface area contributed by atoms with Crippen LogP contribution in [-0.2, 0) is 6.42 Å². The first kappa shape index (κ1) is 15.0. The normalized spacial score (nSPS) is 10.8. The molecular formula is C12H12Br3N3O. The minimum absolute atomic E-state index is 0.572. The minimum Gasteiger partial charge on any atom is -0.445 e. The van der Waals surface area contributed by atoms with Gasteiger partial charge >= 0.3 is 0 Å². The molecule has 0 amide bonds. The second-order valence-electron chi connectivity index (χ2n) is 3.89. The lowest BCUT2D eigenvalue weighted by molar-refractivity contribution is 0.549. The van der Waals surface area contributed by atoms with E-state index in [0.717, 1.165) is 33.3 Å². The molecule has 0 aromatic carbocycles. The zero-order valence-electron chi connectivity index (χ0n) is 10.4. The molecule has 19 heavy (non-hydrogen) atoms. The van der Waals surface area contributed by atoms with Crippen molar-refractivity contribution in [2.24, 2.45) is 0 Å². The minimum atomic E-state index is 0.572. The number of halogens is 3. The van der Waals surface area contributed by atoms with E-state index >= 15 is 0 Å². The predicted octanol–water partition coefficient (Wildman–Crippen LogP) is 5.02. The molecule has 0 spiro atoms. The highest BCUT2D eigenvalue weighted by atomic mass is 79.9. The molecule has 0 saturated carbocycles. The van der Waals surface area contributed by atoms with Crippen LogP contribution >= 0.6 is 47.8 Å². The Balaban J connectivity index is 2.54. The van der Waals surface area contributed by atoms with Crippen molar-refractivity contribution in [1.29, 1.82) is 0 Å². The number of hydrogen-bond acceptors (Lipinski definition) is 4. The molecule has 0 bridgehead atoms. The lowest BCUT2D eigenvalue weighted by atomic mass is 10.2. The summed E-state index contributed by atoms with van der Waals surface area (Å²) in [5, 5.41) is 3.06. The van der Waals surface area contributed by atoms with Gasteiger partial charge in [0.1, 0.15) is 5.82 Å². The standard InChI is InChI=1S/C12H12Br3N3O/c1-3-4-7-9(14)12(16-2)18-11(17-7)8-5-6(13)10(15)19-8/h5H,3-4H2,1-2H3,(H,16,17,18). The van der Waals surface area contributed by atoms with Crippen LogP contribution in [0.25, 0.3) is 11.6 Å². The van der Waals surface area contributed by atoms with Crippen LogP contribution in [0, 0.1) is 0 Å². The lowest BCUT2D eigenvalue weighted by Gasteiger charge is -2.09. The molecule has 0 aliphatic rings. The van der Waals surface area contributed by atoms with Crippen molar-refractivity contribution in [2.45, 2.75) is 19.8 Å². The summed E-state index contributed by atoms with van der Waals surface area (Å²) in [4.78, 5) is 9.02. The van der Waals surface area contributed by atoms with Crippen molar-refractivity contribution in [3.63, 3.8) is 0 Å². The number of anilines is 1. The van der Waals surface area contributed by atoms with Gasteiger partial charge in [0.25, 0.3) is 0 Å². The van der Waals surface area contributed by atoms with Crippen LogP contribution in [0.15, 0.2) is 24.1 Å². The van der Waals surface area contributed by atoms with E-state index < -0.39 is 0 Å². The summed E-state index contributed by atoms with van der Waals surface area (Å²) in [5.41, 5.74) is 0.973. The van der Waals surface area contributed by atoms with Crippen molar-refractivity contribution in [3.05, 3.63) is 25.4 Å². The first-order valence-corrected chi connectivity index (χ1v) is 8.14. The second-order valence-corrected chi connectivity index (χ2v) is 6.26. The summed E-state index contributed by atoms with van der Waals surface area (Å²) < 4.78 is 7.96. The van der Waals surface area contributed by atoms with Gasteiger partial charge in [-0.3, -0.25) is 0 Å². The lowest BCUT2D eigenvalue weighted by Crippen LogP contribution is -2.03. The van der Waals surface area contributed by atoms with E-state index in [9.17, 15) is 0 Å². The van der Waals surface area contributed by atoms with E-state index in [1.54, 1.807) is 0 Å². The molecule has 0 radical (unpaired) electrons. The fourth-order valence-electron chi connectivity index (χ4n) is 1.63. The highest BCUT2D eigenvalue weighted by molar-refractivity contribution is 9.13. The van der Waals surface area contributed by atoms with Gasteiger partial charge in [0.05, 0.1) is 14.6 Å². The van der Waals surface area contributed by atoms with Crippen molar-refractivity contribution in [2.75, 3.05) is 12.4 Å². The van der Waals surface area contributed by atoms with Gasteiger partial charge < -0.3 is 9.73 Å². The molecule has 102 valence electrons. The molecule has 0 unspecified atom stereocenters. The molecule has 0 saturated heterocycles. The van der Waals surface area contributed by atoms with Gasteiger partial charge in [-0.05, 0) is 54.2 Å². The molecule has 2 aromatic rings. The number of aryl methyl sites for hydroxylation is 1. The third-order valence-electron chi connectivity index (χ3n) is 2.51. The zero-order valence-corrected chi connectivity index (χ0v) is 15.2. The number of furan rings is 1. The molecule has 0 atom stereocenters. The average molecular weight is 454 g/mol. The summed E-state index contributed by atoms with van der Waals surface area (Å²) >= 11 is 10.2. The van der Waals surface area contributed by atoms with Crippen LogP contribution in [-0.4, -0.2) is 17.0 Å². The van der Waals surface area contributed by atoms with E-state index in [2.05, 4.69) is 70.0 Å². The molecule has 2 aromatic heterocycles. The highest BCUT2D eigenvalue weighted by Gasteiger charge is 2.16. The van der Waals surface area contributed by atoms with E-state index in [0.29, 0.717) is 16.3 Å². The van der Waals surface area contributed by atoms with Gasteiger partial charge in [0, 0.05) is 13.1 Å². The summed E-state index contributed by atoms with van der Waals surface area (Å²) in [6, 6.07) is 1.85. The van der Waals surface area contributed by atoms with Gasteiger partial charge in [0.15, 0.2) is 16.3 Å². The monoisotopic (exact) mass is 451 g/mol. The van der Waals surface area contributed by atoms with E-state index in [-0.39, 0.29) is 0 Å². The topological polar surface area (TPSA) is 51.0 Å². The molecule has 7 heteroatoms. The fraction of sp³-hybridized carbons (Fsp3) is 0.333. The molecule has 0 aliphatic carbocycles. The fourth-order valence-corrected chi connectivity index (χ4v) is 2.78. The van der Waals surface area contributed by atoms with Gasteiger partial charge in [0.2, 0.25) is 0 Å². The highest BCUT2D eigenvalue weighted by Crippen LogP contribution is 2.33. The predicted molar refractivity (Wildman–Crippen MR) is 86.4 cm³/mol. The summed E-state index contributed by atoms with van der Waals surface area (Å²) in [7, 11) is 1.83. The Morgan fingerprint density at radius 3 is 2.53 bits per heavy atom. The van der Waals surface area contributed by atoms with E-state index in [1.807, 2.05) is 13.1 Å². The van der Waals surface area contributed by atoms with Crippen LogP contribution in [0.4, 0.5) is 5.82 Å². The third-order valence-corrected chi connectivity index (χ3v) is 5.05. The molecular weight excluding hydrogens is 442 g/mol. The molecule has 2 rings (SSSR count). The Morgan fingerprint density at radius 2 is 2.00 bits per heavy atom. The first-order chi connectivity index (χ1) is 9.06. The van der Waals surface area contributed by atoms with Crippen LogP contribution < -0.4 is 5.32 Å². The largest absolute Gasteiger partial charge is 0.445 e. The third kappa shape index (κ3) is 3.20. The zero-order chi connectivity index (χ0) is 14.0. The number of aromatic nitrogens is 2. The maximum absolute atomic E-state index is 5.57. The Kier molecular flexibility index (Phi) is 5.03. The average Bonchev–Trinajstić information content (AvgIpc) is 2.72. The SMILES string of the molecule is CCCc1nc(-c2cc(Br)c(Br)o2)nc(NC)c1Br. The number of hydrogen-bond donors (Lipinski definition) is 1. The van der Waals surface area contributed by atoms with Gasteiger partial charge in [-0.2, -0.15) is 0 Å². The van der Waals surface area contributed by atoms with Crippen molar-refractivity contribution in [1.82, 2.24) is 9.97 Å². The quantitative estimate of drug-likeness (QED) is 0.706. The smallest absolute Gasteiger partial charge is 0.198 e. The van der Waals surface area contributed by atoms with Crippen molar-refractivity contribution >= 4 is 53.6 Å². The van der Waals surface area contributed by atoms with E-state index in [1.165, 1.54) is 0 Å². The number of nitrogens with one attached hydrogen (secondary N) is 1. The van der Waals surface area contributed by atoms with Crippen LogP contribution in [0.3, 0.4) is 0 Å². The number of nitrogens with zero attached hydrogens (tertiary/aromatic N) is 2.